The monoisotopic (exact) mass is 298 g/mol. The number of benzene rings is 1. The van der Waals surface area contributed by atoms with Crippen LogP contribution in [0.3, 0.4) is 0 Å². The minimum absolute atomic E-state index is 0.225. The van der Waals surface area contributed by atoms with Crippen LogP contribution in [0.4, 0.5) is 17.5 Å². The van der Waals surface area contributed by atoms with E-state index in [-0.39, 0.29) is 5.95 Å². The molecule has 0 spiro atoms. The molecule has 0 unspecified atom stereocenters. The highest BCUT2D eigenvalue weighted by Crippen LogP contribution is 2.31. The van der Waals surface area contributed by atoms with E-state index in [1.807, 2.05) is 12.1 Å². The van der Waals surface area contributed by atoms with Gasteiger partial charge in [0.2, 0.25) is 5.95 Å². The highest BCUT2D eigenvalue weighted by molar-refractivity contribution is 9.10. The normalized spacial score (nSPS) is 10.1. The second-order valence-corrected chi connectivity index (χ2v) is 4.23. The van der Waals surface area contributed by atoms with E-state index in [0.29, 0.717) is 10.8 Å². The zero-order valence-electron chi connectivity index (χ0n) is 8.11. The predicted octanol–water partition coefficient (Wildman–Crippen LogP) is 3.22. The minimum atomic E-state index is 0.225. The van der Waals surface area contributed by atoms with Crippen LogP contribution in [0.25, 0.3) is 0 Å². The summed E-state index contributed by atoms with van der Waals surface area (Å²) in [6, 6.07) is 7.25. The second kappa shape index (κ2) is 4.67. The second-order valence-electron chi connectivity index (χ2n) is 3.03. The average Bonchev–Trinajstić information content (AvgIpc) is 2.25. The lowest BCUT2D eigenvalue weighted by Crippen LogP contribution is -1.99. The van der Waals surface area contributed by atoms with E-state index in [2.05, 4.69) is 31.2 Å². The average molecular weight is 300 g/mol. The number of anilines is 3. The van der Waals surface area contributed by atoms with E-state index in [1.165, 1.54) is 0 Å². The maximum atomic E-state index is 5.97. The number of nitrogens with one attached hydrogen (secondary N) is 1. The van der Waals surface area contributed by atoms with Gasteiger partial charge in [-0.25, -0.2) is 4.98 Å². The SMILES string of the molecule is Nc1nccc(Nc2cccc(Cl)c2Br)n1. The number of nitrogens with zero attached hydrogens (tertiary/aromatic N) is 2. The van der Waals surface area contributed by atoms with Crippen molar-refractivity contribution in [2.24, 2.45) is 0 Å². The standard InChI is InChI=1S/C10H8BrClN4/c11-9-6(12)2-1-3-7(9)15-8-4-5-14-10(13)16-8/h1-5H,(H3,13,14,15,16). The van der Waals surface area contributed by atoms with Gasteiger partial charge in [-0.15, -0.1) is 0 Å². The van der Waals surface area contributed by atoms with Crippen molar-refractivity contribution in [1.29, 1.82) is 0 Å². The number of hydrogen-bond donors (Lipinski definition) is 2. The Labute approximate surface area is 106 Å². The van der Waals surface area contributed by atoms with Crippen molar-refractivity contribution in [1.82, 2.24) is 9.97 Å². The minimum Gasteiger partial charge on any atom is -0.368 e. The summed E-state index contributed by atoms with van der Waals surface area (Å²) in [5.41, 5.74) is 6.30. The van der Waals surface area contributed by atoms with Crippen LogP contribution >= 0.6 is 27.5 Å². The smallest absolute Gasteiger partial charge is 0.221 e. The fraction of sp³-hybridized carbons (Fsp3) is 0. The van der Waals surface area contributed by atoms with Crippen LogP contribution in [0.5, 0.6) is 0 Å². The van der Waals surface area contributed by atoms with Crippen molar-refractivity contribution in [2.45, 2.75) is 0 Å². The van der Waals surface area contributed by atoms with Gasteiger partial charge in [-0.1, -0.05) is 17.7 Å². The molecule has 82 valence electrons. The van der Waals surface area contributed by atoms with E-state index < -0.39 is 0 Å². The molecule has 2 rings (SSSR count). The van der Waals surface area contributed by atoms with Crippen molar-refractivity contribution < 1.29 is 0 Å². The van der Waals surface area contributed by atoms with Gasteiger partial charge in [-0.2, -0.15) is 4.98 Å². The fourth-order valence-electron chi connectivity index (χ4n) is 1.18. The number of aromatic nitrogens is 2. The summed E-state index contributed by atoms with van der Waals surface area (Å²) in [6.07, 6.45) is 1.59. The van der Waals surface area contributed by atoms with E-state index in [9.17, 15) is 0 Å². The molecule has 0 amide bonds. The Balaban J connectivity index is 2.31. The van der Waals surface area contributed by atoms with Crippen LogP contribution in [0, 0.1) is 0 Å². The summed E-state index contributed by atoms with van der Waals surface area (Å²) in [5, 5.41) is 3.72. The molecule has 0 saturated carbocycles. The number of hydrogen-bond acceptors (Lipinski definition) is 4. The molecule has 1 aromatic carbocycles. The van der Waals surface area contributed by atoms with Crippen LogP contribution in [-0.4, -0.2) is 9.97 Å². The van der Waals surface area contributed by atoms with Gasteiger partial charge in [-0.3, -0.25) is 0 Å². The van der Waals surface area contributed by atoms with Gasteiger partial charge >= 0.3 is 0 Å². The Kier molecular flexibility index (Phi) is 3.26. The molecule has 0 bridgehead atoms. The van der Waals surface area contributed by atoms with Gasteiger partial charge in [0.1, 0.15) is 5.82 Å². The molecule has 0 radical (unpaired) electrons. The van der Waals surface area contributed by atoms with Gasteiger partial charge in [0.25, 0.3) is 0 Å². The fourth-order valence-corrected chi connectivity index (χ4v) is 1.72. The molecule has 0 aliphatic carbocycles. The molecule has 6 heteroatoms. The van der Waals surface area contributed by atoms with E-state index in [4.69, 9.17) is 17.3 Å². The zero-order chi connectivity index (χ0) is 11.5. The van der Waals surface area contributed by atoms with Gasteiger partial charge in [0, 0.05) is 6.20 Å². The summed E-state index contributed by atoms with van der Waals surface area (Å²) in [7, 11) is 0. The van der Waals surface area contributed by atoms with Crippen LogP contribution in [-0.2, 0) is 0 Å². The molecule has 0 atom stereocenters. The molecule has 1 aromatic heterocycles. The topological polar surface area (TPSA) is 63.8 Å². The summed E-state index contributed by atoms with van der Waals surface area (Å²) in [6.45, 7) is 0. The summed E-state index contributed by atoms with van der Waals surface area (Å²) in [4.78, 5) is 7.84. The molecular formula is C10H8BrClN4. The third kappa shape index (κ3) is 2.43. The van der Waals surface area contributed by atoms with Crippen molar-refractivity contribution >= 4 is 45.0 Å². The quantitative estimate of drug-likeness (QED) is 0.893. The molecule has 2 aromatic rings. The molecule has 0 aliphatic heterocycles. The molecule has 0 aliphatic rings. The number of rotatable bonds is 2. The summed E-state index contributed by atoms with van der Waals surface area (Å²) >= 11 is 9.35. The largest absolute Gasteiger partial charge is 0.368 e. The van der Waals surface area contributed by atoms with Gasteiger partial charge < -0.3 is 11.1 Å². The molecular weight excluding hydrogens is 291 g/mol. The molecule has 4 nitrogen and oxygen atoms in total. The Morgan fingerprint density at radius 1 is 1.31 bits per heavy atom. The highest BCUT2D eigenvalue weighted by atomic mass is 79.9. The molecule has 0 fully saturated rings. The lowest BCUT2D eigenvalue weighted by molar-refractivity contribution is 1.18. The third-order valence-corrected chi connectivity index (χ3v) is 3.29. The van der Waals surface area contributed by atoms with Gasteiger partial charge in [0.05, 0.1) is 15.2 Å². The first kappa shape index (κ1) is 11.2. The van der Waals surface area contributed by atoms with Gasteiger partial charge in [0.15, 0.2) is 0 Å². The first-order valence-electron chi connectivity index (χ1n) is 4.46. The van der Waals surface area contributed by atoms with Crippen molar-refractivity contribution in [3.05, 3.63) is 40.0 Å². The Morgan fingerprint density at radius 2 is 2.12 bits per heavy atom. The van der Waals surface area contributed by atoms with Crippen LogP contribution in [0.1, 0.15) is 0 Å². The van der Waals surface area contributed by atoms with Crippen molar-refractivity contribution in [2.75, 3.05) is 11.1 Å². The maximum Gasteiger partial charge on any atom is 0.221 e. The first-order valence-corrected chi connectivity index (χ1v) is 5.63. The predicted molar refractivity (Wildman–Crippen MR) is 68.9 cm³/mol. The molecule has 16 heavy (non-hydrogen) atoms. The molecule has 1 heterocycles. The Bertz CT molecular complexity index is 518. The third-order valence-electron chi connectivity index (χ3n) is 1.89. The first-order chi connectivity index (χ1) is 7.66. The van der Waals surface area contributed by atoms with E-state index >= 15 is 0 Å². The lowest BCUT2D eigenvalue weighted by Gasteiger charge is -2.08. The number of nitrogen functional groups attached to an aromatic ring is 1. The Hall–Kier alpha value is -1.33. The number of halogens is 2. The van der Waals surface area contributed by atoms with Crippen LogP contribution in [0.2, 0.25) is 5.02 Å². The highest BCUT2D eigenvalue weighted by Gasteiger charge is 2.04. The van der Waals surface area contributed by atoms with E-state index in [0.717, 1.165) is 10.2 Å². The zero-order valence-corrected chi connectivity index (χ0v) is 10.5. The van der Waals surface area contributed by atoms with E-state index in [1.54, 1.807) is 18.3 Å². The van der Waals surface area contributed by atoms with Crippen LogP contribution < -0.4 is 11.1 Å². The van der Waals surface area contributed by atoms with Crippen molar-refractivity contribution in [3.63, 3.8) is 0 Å². The maximum absolute atomic E-state index is 5.97. The number of nitrogens with two attached hydrogens (primary N) is 1. The molecule has 3 N–H and O–H groups in total. The Morgan fingerprint density at radius 3 is 2.88 bits per heavy atom. The summed E-state index contributed by atoms with van der Waals surface area (Å²) < 4.78 is 0.786. The summed E-state index contributed by atoms with van der Waals surface area (Å²) in [5.74, 6) is 0.846. The van der Waals surface area contributed by atoms with Crippen LogP contribution in [0.15, 0.2) is 34.9 Å². The van der Waals surface area contributed by atoms with Crippen molar-refractivity contribution in [3.8, 4) is 0 Å². The lowest BCUT2D eigenvalue weighted by atomic mass is 10.3. The molecule has 0 saturated heterocycles. The van der Waals surface area contributed by atoms with Gasteiger partial charge in [-0.05, 0) is 34.1 Å².